The third kappa shape index (κ3) is 1.32. The molecule has 1 saturated carbocycles. The summed E-state index contributed by atoms with van der Waals surface area (Å²) in [5.41, 5.74) is 1.20. The van der Waals surface area contributed by atoms with Gasteiger partial charge in [0, 0.05) is 12.1 Å². The van der Waals surface area contributed by atoms with E-state index in [2.05, 4.69) is 4.98 Å². The van der Waals surface area contributed by atoms with Crippen molar-refractivity contribution in [2.24, 2.45) is 5.92 Å². The predicted molar refractivity (Wildman–Crippen MR) is 49.5 cm³/mol. The average molecular weight is 193 g/mol. The summed E-state index contributed by atoms with van der Waals surface area (Å²) in [7, 11) is 0. The van der Waals surface area contributed by atoms with Gasteiger partial charge in [0.15, 0.2) is 5.78 Å². The number of rotatable bonds is 3. The highest BCUT2D eigenvalue weighted by molar-refractivity contribution is 6.02. The van der Waals surface area contributed by atoms with Gasteiger partial charge in [-0.05, 0) is 25.3 Å². The van der Waals surface area contributed by atoms with Gasteiger partial charge in [-0.3, -0.25) is 4.79 Å². The number of aromatic carboxylic acids is 1. The molecule has 2 N–H and O–H groups in total. The molecule has 0 spiro atoms. The molecule has 1 aliphatic carbocycles. The molecule has 1 aliphatic rings. The molecular weight excluding hydrogens is 182 g/mol. The molecule has 4 nitrogen and oxygen atoms in total. The van der Waals surface area contributed by atoms with Crippen LogP contribution < -0.4 is 0 Å². The van der Waals surface area contributed by atoms with Crippen LogP contribution in [0.2, 0.25) is 0 Å². The topological polar surface area (TPSA) is 70.2 Å². The van der Waals surface area contributed by atoms with Crippen LogP contribution in [0.1, 0.15) is 39.3 Å². The molecule has 0 bridgehead atoms. The maximum atomic E-state index is 11.6. The Kier molecular flexibility index (Phi) is 1.91. The van der Waals surface area contributed by atoms with E-state index in [4.69, 9.17) is 5.11 Å². The van der Waals surface area contributed by atoms with Gasteiger partial charge < -0.3 is 10.1 Å². The molecule has 0 aliphatic heterocycles. The fraction of sp³-hybridized carbons (Fsp3) is 0.400. The molecule has 14 heavy (non-hydrogen) atoms. The fourth-order valence-corrected chi connectivity index (χ4v) is 1.52. The summed E-state index contributed by atoms with van der Waals surface area (Å²) in [6, 6.07) is 0. The zero-order valence-electron chi connectivity index (χ0n) is 7.83. The highest BCUT2D eigenvalue weighted by Crippen LogP contribution is 2.33. The van der Waals surface area contributed by atoms with Crippen LogP contribution in [0.3, 0.4) is 0 Å². The van der Waals surface area contributed by atoms with Gasteiger partial charge >= 0.3 is 5.97 Å². The third-order valence-corrected chi connectivity index (χ3v) is 2.56. The molecule has 0 aromatic carbocycles. The second-order valence-electron chi connectivity index (χ2n) is 3.65. The Hall–Kier alpha value is -1.58. The van der Waals surface area contributed by atoms with Gasteiger partial charge in [0.05, 0.1) is 11.3 Å². The second-order valence-corrected chi connectivity index (χ2v) is 3.65. The first-order valence-corrected chi connectivity index (χ1v) is 4.56. The van der Waals surface area contributed by atoms with Crippen molar-refractivity contribution in [1.29, 1.82) is 0 Å². The molecule has 0 radical (unpaired) electrons. The monoisotopic (exact) mass is 193 g/mol. The van der Waals surface area contributed by atoms with Gasteiger partial charge in [-0.1, -0.05) is 0 Å². The van der Waals surface area contributed by atoms with Gasteiger partial charge in [-0.2, -0.15) is 0 Å². The quantitative estimate of drug-likeness (QED) is 0.716. The maximum absolute atomic E-state index is 11.6. The Morgan fingerprint density at radius 3 is 2.57 bits per heavy atom. The van der Waals surface area contributed by atoms with Gasteiger partial charge in [0.2, 0.25) is 0 Å². The number of carboxylic acid groups (broad SMARTS) is 1. The zero-order chi connectivity index (χ0) is 10.3. The van der Waals surface area contributed by atoms with E-state index in [1.807, 2.05) is 0 Å². The van der Waals surface area contributed by atoms with Gasteiger partial charge in [-0.25, -0.2) is 4.79 Å². The van der Waals surface area contributed by atoms with Crippen molar-refractivity contribution in [2.75, 3.05) is 0 Å². The zero-order valence-corrected chi connectivity index (χ0v) is 7.83. The van der Waals surface area contributed by atoms with E-state index in [1.165, 1.54) is 6.20 Å². The number of carbonyl (C=O) groups excluding carboxylic acids is 1. The molecule has 1 aromatic heterocycles. The minimum atomic E-state index is -0.992. The van der Waals surface area contributed by atoms with E-state index in [-0.39, 0.29) is 17.3 Å². The van der Waals surface area contributed by atoms with Crippen molar-refractivity contribution in [3.05, 3.63) is 23.0 Å². The maximum Gasteiger partial charge on any atom is 0.337 e. The van der Waals surface area contributed by atoms with Crippen molar-refractivity contribution in [3.63, 3.8) is 0 Å². The van der Waals surface area contributed by atoms with Crippen LogP contribution >= 0.6 is 0 Å². The van der Waals surface area contributed by atoms with Crippen molar-refractivity contribution >= 4 is 11.8 Å². The number of aromatic nitrogens is 1. The van der Waals surface area contributed by atoms with E-state index >= 15 is 0 Å². The van der Waals surface area contributed by atoms with Crippen LogP contribution in [0.4, 0.5) is 0 Å². The largest absolute Gasteiger partial charge is 0.478 e. The normalized spacial score (nSPS) is 15.5. The van der Waals surface area contributed by atoms with Gasteiger partial charge in [0.25, 0.3) is 0 Å². The van der Waals surface area contributed by atoms with Crippen LogP contribution in [-0.2, 0) is 0 Å². The summed E-state index contributed by atoms with van der Waals surface area (Å²) < 4.78 is 0. The molecule has 2 rings (SSSR count). The number of carboxylic acids is 1. The van der Waals surface area contributed by atoms with Crippen LogP contribution in [-0.4, -0.2) is 21.8 Å². The molecule has 0 atom stereocenters. The summed E-state index contributed by atoms with van der Waals surface area (Å²) in [5.74, 6) is -0.822. The molecule has 0 saturated heterocycles. The van der Waals surface area contributed by atoms with E-state index in [9.17, 15) is 9.59 Å². The van der Waals surface area contributed by atoms with Crippen molar-refractivity contribution in [1.82, 2.24) is 4.98 Å². The lowest BCUT2D eigenvalue weighted by atomic mass is 10.1. The van der Waals surface area contributed by atoms with Crippen molar-refractivity contribution < 1.29 is 14.7 Å². The first-order valence-electron chi connectivity index (χ1n) is 4.56. The van der Waals surface area contributed by atoms with Crippen LogP contribution in [0.5, 0.6) is 0 Å². The Morgan fingerprint density at radius 2 is 2.14 bits per heavy atom. The first kappa shape index (κ1) is 8.99. The summed E-state index contributed by atoms with van der Waals surface area (Å²) >= 11 is 0. The second kappa shape index (κ2) is 2.97. The summed E-state index contributed by atoms with van der Waals surface area (Å²) in [6.07, 6.45) is 3.24. The van der Waals surface area contributed by atoms with Crippen LogP contribution in [0.25, 0.3) is 0 Å². The minimum absolute atomic E-state index is 0.0509. The summed E-state index contributed by atoms with van der Waals surface area (Å²) in [5, 5.41) is 8.78. The Labute approximate surface area is 80.9 Å². The number of Topliss-reactive ketones (excluding diaryl/α,β-unsaturated/α-hetero) is 1. The van der Waals surface area contributed by atoms with Crippen molar-refractivity contribution in [3.8, 4) is 0 Å². The Bertz CT molecular complexity index is 401. The molecule has 0 unspecified atom stereocenters. The number of hydrogen-bond donors (Lipinski definition) is 2. The van der Waals surface area contributed by atoms with Crippen molar-refractivity contribution in [2.45, 2.75) is 19.8 Å². The smallest absolute Gasteiger partial charge is 0.337 e. The lowest BCUT2D eigenvalue weighted by molar-refractivity contribution is 0.0696. The minimum Gasteiger partial charge on any atom is -0.478 e. The molecule has 4 heteroatoms. The lowest BCUT2D eigenvalue weighted by Crippen LogP contribution is -2.04. The number of H-pyrrole nitrogens is 1. The standard InChI is InChI=1S/C10H11NO3/c1-5-7(10(13)14)4-11-8(5)9(12)6-2-3-6/h4,6,11H,2-3H2,1H3,(H,13,14). The molecule has 1 heterocycles. The van der Waals surface area contributed by atoms with Crippen LogP contribution in [0, 0.1) is 12.8 Å². The highest BCUT2D eigenvalue weighted by atomic mass is 16.4. The third-order valence-electron chi connectivity index (χ3n) is 2.56. The van der Waals surface area contributed by atoms with E-state index in [0.717, 1.165) is 12.8 Å². The number of carbonyl (C=O) groups is 2. The number of ketones is 1. The van der Waals surface area contributed by atoms with E-state index in [1.54, 1.807) is 6.92 Å². The Morgan fingerprint density at radius 1 is 1.50 bits per heavy atom. The number of hydrogen-bond acceptors (Lipinski definition) is 2. The van der Waals surface area contributed by atoms with Crippen LogP contribution in [0.15, 0.2) is 6.20 Å². The van der Waals surface area contributed by atoms with E-state index < -0.39 is 5.97 Å². The predicted octanol–water partition coefficient (Wildman–Crippen LogP) is 1.61. The highest BCUT2D eigenvalue weighted by Gasteiger charge is 2.32. The fourth-order valence-electron chi connectivity index (χ4n) is 1.52. The van der Waals surface area contributed by atoms with E-state index in [0.29, 0.717) is 11.3 Å². The van der Waals surface area contributed by atoms with Gasteiger partial charge in [0.1, 0.15) is 0 Å². The Balaban J connectivity index is 2.34. The first-order chi connectivity index (χ1) is 6.61. The number of nitrogens with one attached hydrogen (secondary N) is 1. The average Bonchev–Trinajstić information content (AvgIpc) is 2.88. The van der Waals surface area contributed by atoms with Gasteiger partial charge in [-0.15, -0.1) is 0 Å². The SMILES string of the molecule is Cc1c(C(=O)O)c[nH]c1C(=O)C1CC1. The molecular formula is C10H11NO3. The molecule has 1 aromatic rings. The lowest BCUT2D eigenvalue weighted by Gasteiger charge is -1.97. The molecule has 0 amide bonds. The summed E-state index contributed by atoms with van der Waals surface area (Å²) in [6.45, 7) is 1.66. The molecule has 74 valence electrons. The molecule has 1 fully saturated rings. The number of aromatic amines is 1. The summed E-state index contributed by atoms with van der Waals surface area (Å²) in [4.78, 5) is 25.1.